The molecule has 0 amide bonds. The van der Waals surface area contributed by atoms with Crippen molar-refractivity contribution in [2.45, 2.75) is 97.8 Å². The summed E-state index contributed by atoms with van der Waals surface area (Å²) < 4.78 is 5.80. The molecule has 5 fully saturated rings. The number of hydrogen-bond donors (Lipinski definition) is 0. The van der Waals surface area contributed by atoms with Gasteiger partial charge in [0.2, 0.25) is 0 Å². The van der Waals surface area contributed by atoms with Crippen LogP contribution in [0.2, 0.25) is 0 Å². The Hall–Kier alpha value is -0.0400. The minimum Gasteiger partial charge on any atom is -0.384 e. The van der Waals surface area contributed by atoms with Crippen LogP contribution in [0.25, 0.3) is 0 Å². The molecule has 0 spiro atoms. The summed E-state index contributed by atoms with van der Waals surface area (Å²) in [5.41, 5.74) is 1.83. The van der Waals surface area contributed by atoms with E-state index in [-0.39, 0.29) is 0 Å². The first kappa shape index (κ1) is 19.0. The highest BCUT2D eigenvalue weighted by Gasteiger charge is 2.63. The lowest BCUT2D eigenvalue weighted by molar-refractivity contribution is -0.186. The average molecular weight is 373 g/mol. The van der Waals surface area contributed by atoms with Crippen LogP contribution in [0, 0.1) is 51.8 Å². The first-order valence-corrected chi connectivity index (χ1v) is 12.4. The third-order valence-electron chi connectivity index (χ3n) is 11.5. The second kappa shape index (κ2) is 6.48. The largest absolute Gasteiger partial charge is 0.384 e. The molecule has 0 radical (unpaired) electrons. The van der Waals surface area contributed by atoms with Crippen LogP contribution in [-0.2, 0) is 4.74 Å². The molecule has 0 heterocycles. The Bertz CT molecular complexity index is 571. The molecule has 0 aromatic rings. The highest BCUT2D eigenvalue weighted by atomic mass is 16.5. The van der Waals surface area contributed by atoms with Gasteiger partial charge in [0, 0.05) is 7.11 Å². The van der Waals surface area contributed by atoms with Crippen molar-refractivity contribution in [3.63, 3.8) is 0 Å². The maximum atomic E-state index is 5.80. The van der Waals surface area contributed by atoms with Gasteiger partial charge in [0.25, 0.3) is 0 Å². The van der Waals surface area contributed by atoms with Gasteiger partial charge in [0.1, 0.15) is 0 Å². The van der Waals surface area contributed by atoms with Crippen molar-refractivity contribution in [3.8, 4) is 0 Å². The van der Waals surface area contributed by atoms with E-state index in [9.17, 15) is 0 Å². The molecule has 0 aromatic carbocycles. The number of ether oxygens (including phenoxy) is 1. The van der Waals surface area contributed by atoms with E-state index in [1.165, 1.54) is 77.0 Å². The SMILES string of the molecule is COCC12CCCC1C1CCC3C4(C)CCCC(C)C4CCC3(C)C1CC2. The van der Waals surface area contributed by atoms with Gasteiger partial charge in [-0.25, -0.2) is 0 Å². The molecule has 9 unspecified atom stereocenters. The fourth-order valence-corrected chi connectivity index (χ4v) is 10.6. The van der Waals surface area contributed by atoms with E-state index < -0.39 is 0 Å². The van der Waals surface area contributed by atoms with Crippen LogP contribution in [-0.4, -0.2) is 13.7 Å². The van der Waals surface area contributed by atoms with Crippen molar-refractivity contribution in [2.75, 3.05) is 13.7 Å². The number of methoxy groups -OCH3 is 1. The van der Waals surface area contributed by atoms with E-state index in [1.54, 1.807) is 0 Å². The normalized spacial score (nSPS) is 57.3. The minimum absolute atomic E-state index is 0.555. The molecule has 0 N–H and O–H groups in total. The van der Waals surface area contributed by atoms with Crippen molar-refractivity contribution >= 4 is 0 Å². The second-order valence-electron chi connectivity index (χ2n) is 12.3. The van der Waals surface area contributed by atoms with E-state index in [2.05, 4.69) is 20.8 Å². The summed E-state index contributed by atoms with van der Waals surface area (Å²) in [4.78, 5) is 0. The molecule has 9 atom stereocenters. The molecular weight excluding hydrogens is 328 g/mol. The van der Waals surface area contributed by atoms with Gasteiger partial charge in [0.05, 0.1) is 6.61 Å². The molecule has 5 aliphatic rings. The molecule has 0 aromatic heterocycles. The van der Waals surface area contributed by atoms with Crippen molar-refractivity contribution in [3.05, 3.63) is 0 Å². The highest BCUT2D eigenvalue weighted by Crippen LogP contribution is 2.71. The van der Waals surface area contributed by atoms with Crippen molar-refractivity contribution < 1.29 is 4.74 Å². The van der Waals surface area contributed by atoms with Crippen molar-refractivity contribution in [1.29, 1.82) is 0 Å². The Labute approximate surface area is 168 Å². The van der Waals surface area contributed by atoms with Crippen LogP contribution in [0.3, 0.4) is 0 Å². The average Bonchev–Trinajstić information content (AvgIpc) is 3.05. The molecule has 1 nitrogen and oxygen atoms in total. The molecule has 0 saturated heterocycles. The molecule has 0 bridgehead atoms. The number of rotatable bonds is 2. The van der Waals surface area contributed by atoms with Crippen molar-refractivity contribution in [1.82, 2.24) is 0 Å². The smallest absolute Gasteiger partial charge is 0.0521 e. The molecule has 5 rings (SSSR count). The predicted octanol–water partition coefficient (Wildman–Crippen LogP) is 7.10. The Morgan fingerprint density at radius 2 is 1.48 bits per heavy atom. The molecule has 27 heavy (non-hydrogen) atoms. The number of fused-ring (bicyclic) bond motifs is 7. The maximum absolute atomic E-state index is 5.80. The van der Waals surface area contributed by atoms with Gasteiger partial charge < -0.3 is 4.74 Å². The monoisotopic (exact) mass is 372 g/mol. The zero-order valence-electron chi connectivity index (χ0n) is 18.6. The lowest BCUT2D eigenvalue weighted by atomic mass is 9.38. The Balaban J connectivity index is 1.45. The highest BCUT2D eigenvalue weighted by molar-refractivity contribution is 5.13. The summed E-state index contributed by atoms with van der Waals surface area (Å²) >= 11 is 0. The van der Waals surface area contributed by atoms with Crippen molar-refractivity contribution in [2.24, 2.45) is 51.8 Å². The van der Waals surface area contributed by atoms with Gasteiger partial charge in [0.15, 0.2) is 0 Å². The zero-order valence-corrected chi connectivity index (χ0v) is 18.6. The van der Waals surface area contributed by atoms with E-state index >= 15 is 0 Å². The molecule has 154 valence electrons. The van der Waals surface area contributed by atoms with Gasteiger partial charge in [-0.2, -0.15) is 0 Å². The van der Waals surface area contributed by atoms with E-state index in [4.69, 9.17) is 4.74 Å². The lowest BCUT2D eigenvalue weighted by Crippen LogP contribution is -2.60. The molecular formula is C26H44O. The molecule has 5 aliphatic carbocycles. The van der Waals surface area contributed by atoms with Gasteiger partial charge in [-0.3, -0.25) is 0 Å². The Morgan fingerprint density at radius 3 is 2.30 bits per heavy atom. The fourth-order valence-electron chi connectivity index (χ4n) is 10.6. The lowest BCUT2D eigenvalue weighted by Gasteiger charge is -2.67. The summed E-state index contributed by atoms with van der Waals surface area (Å²) in [7, 11) is 1.95. The summed E-state index contributed by atoms with van der Waals surface area (Å²) in [5, 5.41) is 0. The van der Waals surface area contributed by atoms with Crippen LogP contribution < -0.4 is 0 Å². The Kier molecular flexibility index (Phi) is 4.55. The maximum Gasteiger partial charge on any atom is 0.0521 e. The van der Waals surface area contributed by atoms with E-state index in [0.29, 0.717) is 16.2 Å². The molecule has 5 saturated carbocycles. The third-order valence-corrected chi connectivity index (χ3v) is 11.5. The standard InChI is InChI=1S/C26H44O/c1-18-7-5-13-24(2)20(18)11-15-25(3)21-12-16-26(17-27-4)14-6-8-22(26)19(21)9-10-23(24)25/h18-23H,5-17H2,1-4H3. The number of hydrogen-bond acceptors (Lipinski definition) is 1. The summed E-state index contributed by atoms with van der Waals surface area (Å²) in [5.74, 6) is 6.00. The first-order chi connectivity index (χ1) is 12.9. The van der Waals surface area contributed by atoms with Gasteiger partial charge >= 0.3 is 0 Å². The third kappa shape index (κ3) is 2.52. The minimum atomic E-state index is 0.555. The quantitative estimate of drug-likeness (QED) is 0.502. The summed E-state index contributed by atoms with van der Waals surface area (Å²) in [6.45, 7) is 9.13. The van der Waals surface area contributed by atoms with Crippen LogP contribution in [0.5, 0.6) is 0 Å². The van der Waals surface area contributed by atoms with Gasteiger partial charge in [-0.05, 0) is 110 Å². The van der Waals surface area contributed by atoms with Crippen LogP contribution >= 0.6 is 0 Å². The van der Waals surface area contributed by atoms with Crippen LogP contribution in [0.4, 0.5) is 0 Å². The van der Waals surface area contributed by atoms with Gasteiger partial charge in [-0.1, -0.05) is 40.0 Å². The summed E-state index contributed by atoms with van der Waals surface area (Å²) in [6, 6.07) is 0. The molecule has 1 heteroatoms. The Morgan fingerprint density at radius 1 is 0.741 bits per heavy atom. The predicted molar refractivity (Wildman–Crippen MR) is 113 cm³/mol. The van der Waals surface area contributed by atoms with Crippen LogP contribution in [0.15, 0.2) is 0 Å². The zero-order chi connectivity index (χ0) is 18.9. The fraction of sp³-hybridized carbons (Fsp3) is 1.00. The van der Waals surface area contributed by atoms with E-state index in [0.717, 1.165) is 42.1 Å². The molecule has 0 aliphatic heterocycles. The summed E-state index contributed by atoms with van der Waals surface area (Å²) in [6.07, 6.45) is 18.1. The van der Waals surface area contributed by atoms with Gasteiger partial charge in [-0.15, -0.1) is 0 Å². The van der Waals surface area contributed by atoms with E-state index in [1.807, 2.05) is 7.11 Å². The first-order valence-electron chi connectivity index (χ1n) is 12.4. The second-order valence-corrected chi connectivity index (χ2v) is 12.3. The topological polar surface area (TPSA) is 9.23 Å². The van der Waals surface area contributed by atoms with Crippen LogP contribution in [0.1, 0.15) is 97.8 Å².